The Balaban J connectivity index is 2.78. The molecular weight excluding hydrogens is 302 g/mol. The van der Waals surface area contributed by atoms with E-state index < -0.39 is 11.9 Å². The van der Waals surface area contributed by atoms with Crippen LogP contribution in [0, 0.1) is 11.3 Å². The van der Waals surface area contributed by atoms with Crippen LogP contribution in [0.2, 0.25) is 0 Å². The predicted octanol–water partition coefficient (Wildman–Crippen LogP) is 0.812. The zero-order valence-electron chi connectivity index (χ0n) is 13.0. The smallest absolute Gasteiger partial charge is 0.325 e. The molecule has 0 saturated carbocycles. The highest BCUT2D eigenvalue weighted by Gasteiger charge is 2.11. The Morgan fingerprint density at radius 3 is 2.48 bits per heavy atom. The van der Waals surface area contributed by atoms with Crippen LogP contribution < -0.4 is 20.1 Å². The SMILES string of the molecule is COC(=O)CN/C=C(/C#N)C(=O)Nc1ccc(OC)c(OC)c1. The van der Waals surface area contributed by atoms with E-state index in [-0.39, 0.29) is 12.1 Å². The van der Waals surface area contributed by atoms with Gasteiger partial charge in [0.1, 0.15) is 18.2 Å². The lowest BCUT2D eigenvalue weighted by Gasteiger charge is -2.10. The molecule has 8 heteroatoms. The molecule has 0 unspecified atom stereocenters. The van der Waals surface area contributed by atoms with Crippen molar-refractivity contribution in [2.75, 3.05) is 33.2 Å². The number of nitriles is 1. The number of ether oxygens (including phenoxy) is 3. The second-order valence-corrected chi connectivity index (χ2v) is 4.15. The number of anilines is 1. The van der Waals surface area contributed by atoms with Gasteiger partial charge in [-0.3, -0.25) is 9.59 Å². The molecule has 0 spiro atoms. The van der Waals surface area contributed by atoms with Crippen LogP contribution in [0.1, 0.15) is 0 Å². The summed E-state index contributed by atoms with van der Waals surface area (Å²) >= 11 is 0. The number of hydrogen-bond donors (Lipinski definition) is 2. The average Bonchev–Trinajstić information content (AvgIpc) is 2.58. The second-order valence-electron chi connectivity index (χ2n) is 4.15. The number of rotatable bonds is 7. The fourth-order valence-corrected chi connectivity index (χ4v) is 1.57. The summed E-state index contributed by atoms with van der Waals surface area (Å²) in [4.78, 5) is 23.0. The number of carbonyl (C=O) groups excluding carboxylic acids is 2. The van der Waals surface area contributed by atoms with E-state index in [1.54, 1.807) is 24.3 Å². The van der Waals surface area contributed by atoms with Crippen molar-refractivity contribution in [3.05, 3.63) is 30.0 Å². The lowest BCUT2D eigenvalue weighted by molar-refractivity contribution is -0.139. The van der Waals surface area contributed by atoms with Gasteiger partial charge in [0.25, 0.3) is 5.91 Å². The van der Waals surface area contributed by atoms with Gasteiger partial charge in [-0.05, 0) is 12.1 Å². The number of nitrogens with one attached hydrogen (secondary N) is 2. The second kappa shape index (κ2) is 8.94. The minimum atomic E-state index is -0.628. The van der Waals surface area contributed by atoms with Gasteiger partial charge in [0.2, 0.25) is 0 Å². The maximum Gasteiger partial charge on any atom is 0.325 e. The van der Waals surface area contributed by atoms with Crippen LogP contribution in [-0.4, -0.2) is 39.8 Å². The number of nitrogens with zero attached hydrogens (tertiary/aromatic N) is 1. The van der Waals surface area contributed by atoms with Crippen molar-refractivity contribution in [3.8, 4) is 17.6 Å². The van der Waals surface area contributed by atoms with Gasteiger partial charge in [0, 0.05) is 18.0 Å². The predicted molar refractivity (Wildman–Crippen MR) is 81.9 cm³/mol. The van der Waals surface area contributed by atoms with Crippen LogP contribution in [0.15, 0.2) is 30.0 Å². The van der Waals surface area contributed by atoms with Crippen molar-refractivity contribution in [2.45, 2.75) is 0 Å². The highest BCUT2D eigenvalue weighted by molar-refractivity contribution is 6.06. The highest BCUT2D eigenvalue weighted by atomic mass is 16.5. The molecule has 0 fully saturated rings. The molecule has 122 valence electrons. The molecule has 0 aliphatic carbocycles. The average molecular weight is 319 g/mol. The molecule has 0 heterocycles. The van der Waals surface area contributed by atoms with Crippen LogP contribution in [0.5, 0.6) is 11.5 Å². The molecule has 1 aromatic rings. The normalized spacial score (nSPS) is 10.3. The molecule has 0 aromatic heterocycles. The summed E-state index contributed by atoms with van der Waals surface area (Å²) in [7, 11) is 4.21. The number of benzene rings is 1. The van der Waals surface area contributed by atoms with E-state index in [2.05, 4.69) is 15.4 Å². The van der Waals surface area contributed by atoms with Gasteiger partial charge < -0.3 is 24.8 Å². The fraction of sp³-hybridized carbons (Fsp3) is 0.267. The Morgan fingerprint density at radius 1 is 1.22 bits per heavy atom. The molecule has 1 aromatic carbocycles. The van der Waals surface area contributed by atoms with Crippen molar-refractivity contribution >= 4 is 17.6 Å². The third-order valence-electron chi connectivity index (χ3n) is 2.73. The monoisotopic (exact) mass is 319 g/mol. The molecule has 0 aliphatic rings. The Hall–Kier alpha value is -3.21. The van der Waals surface area contributed by atoms with Gasteiger partial charge in [-0.15, -0.1) is 0 Å². The lowest BCUT2D eigenvalue weighted by Crippen LogP contribution is -2.22. The van der Waals surface area contributed by atoms with E-state index in [1.165, 1.54) is 21.3 Å². The third-order valence-corrected chi connectivity index (χ3v) is 2.73. The Labute approximate surface area is 133 Å². The first-order valence-corrected chi connectivity index (χ1v) is 6.49. The molecule has 0 saturated heterocycles. The first-order valence-electron chi connectivity index (χ1n) is 6.49. The Morgan fingerprint density at radius 2 is 1.91 bits per heavy atom. The van der Waals surface area contributed by atoms with Crippen molar-refractivity contribution in [3.63, 3.8) is 0 Å². The van der Waals surface area contributed by atoms with Crippen LogP contribution >= 0.6 is 0 Å². The quantitative estimate of drug-likeness (QED) is 0.435. The van der Waals surface area contributed by atoms with E-state index in [0.717, 1.165) is 6.20 Å². The van der Waals surface area contributed by atoms with Crippen molar-refractivity contribution in [1.29, 1.82) is 5.26 Å². The van der Waals surface area contributed by atoms with Gasteiger partial charge in [-0.1, -0.05) is 0 Å². The Kier molecular flexibility index (Phi) is 6.94. The molecule has 0 aliphatic heterocycles. The van der Waals surface area contributed by atoms with Crippen LogP contribution in [0.25, 0.3) is 0 Å². The lowest BCUT2D eigenvalue weighted by atomic mass is 10.2. The first kappa shape index (κ1) is 17.8. The summed E-state index contributed by atoms with van der Waals surface area (Å²) in [5.74, 6) is -0.186. The number of amides is 1. The molecule has 0 atom stereocenters. The van der Waals surface area contributed by atoms with Crippen molar-refractivity contribution < 1.29 is 23.8 Å². The number of carbonyl (C=O) groups is 2. The van der Waals surface area contributed by atoms with Crippen molar-refractivity contribution in [2.24, 2.45) is 0 Å². The molecule has 1 rings (SSSR count). The summed E-state index contributed by atoms with van der Waals surface area (Å²) < 4.78 is 14.7. The highest BCUT2D eigenvalue weighted by Crippen LogP contribution is 2.29. The minimum absolute atomic E-state index is 0.148. The molecule has 8 nitrogen and oxygen atoms in total. The van der Waals surface area contributed by atoms with Gasteiger partial charge in [0.15, 0.2) is 11.5 Å². The number of methoxy groups -OCH3 is 3. The van der Waals surface area contributed by atoms with Crippen LogP contribution in [-0.2, 0) is 14.3 Å². The van der Waals surface area contributed by atoms with Gasteiger partial charge in [0.05, 0.1) is 21.3 Å². The van der Waals surface area contributed by atoms with E-state index in [1.807, 2.05) is 0 Å². The molecule has 0 bridgehead atoms. The van der Waals surface area contributed by atoms with Gasteiger partial charge in [-0.25, -0.2) is 0 Å². The van der Waals surface area contributed by atoms with Crippen molar-refractivity contribution in [1.82, 2.24) is 5.32 Å². The summed E-state index contributed by atoms with van der Waals surface area (Å²) in [5.41, 5.74) is 0.241. The van der Waals surface area contributed by atoms with Gasteiger partial charge >= 0.3 is 5.97 Å². The standard InChI is InChI=1S/C15H17N3O5/c1-21-12-5-4-11(6-13(12)22-2)18-15(20)10(7-16)8-17-9-14(19)23-3/h4-6,8,17H,9H2,1-3H3,(H,18,20)/b10-8-. The summed E-state index contributed by atoms with van der Waals surface area (Å²) in [6.07, 6.45) is 1.15. The summed E-state index contributed by atoms with van der Waals surface area (Å²) in [6, 6.07) is 6.54. The van der Waals surface area contributed by atoms with Crippen LogP contribution in [0.3, 0.4) is 0 Å². The molecule has 1 amide bonds. The van der Waals surface area contributed by atoms with E-state index in [9.17, 15) is 9.59 Å². The first-order chi connectivity index (χ1) is 11.0. The van der Waals surface area contributed by atoms with Gasteiger partial charge in [-0.2, -0.15) is 5.26 Å². The largest absolute Gasteiger partial charge is 0.493 e. The van der Waals surface area contributed by atoms with Crippen LogP contribution in [0.4, 0.5) is 5.69 Å². The zero-order chi connectivity index (χ0) is 17.2. The molecule has 23 heavy (non-hydrogen) atoms. The number of hydrogen-bond acceptors (Lipinski definition) is 7. The Bertz CT molecular complexity index is 649. The number of esters is 1. The fourth-order valence-electron chi connectivity index (χ4n) is 1.57. The summed E-state index contributed by atoms with van der Waals surface area (Å²) in [5, 5.41) is 14.1. The molecule has 2 N–H and O–H groups in total. The van der Waals surface area contributed by atoms with E-state index in [0.29, 0.717) is 17.2 Å². The maximum atomic E-state index is 12.0. The maximum absolute atomic E-state index is 12.0. The van der Waals surface area contributed by atoms with E-state index in [4.69, 9.17) is 14.7 Å². The molecule has 0 radical (unpaired) electrons. The van der Waals surface area contributed by atoms with E-state index >= 15 is 0 Å². The zero-order valence-corrected chi connectivity index (χ0v) is 13.0. The minimum Gasteiger partial charge on any atom is -0.493 e. The summed E-state index contributed by atoms with van der Waals surface area (Å²) in [6.45, 7) is -0.148. The molecular formula is C15H17N3O5. The topological polar surface area (TPSA) is 110 Å². The third kappa shape index (κ3) is 5.24.